The third-order valence-electron chi connectivity index (χ3n) is 8.00. The van der Waals surface area contributed by atoms with Gasteiger partial charge in [-0.05, 0) is 80.0 Å². The zero-order valence-electron chi connectivity index (χ0n) is 21.9. The van der Waals surface area contributed by atoms with E-state index in [1.165, 1.54) is 23.2 Å². The van der Waals surface area contributed by atoms with Crippen molar-refractivity contribution >= 4 is 23.7 Å². The molecule has 4 aromatic rings. The highest BCUT2D eigenvalue weighted by molar-refractivity contribution is 6.07. The summed E-state index contributed by atoms with van der Waals surface area (Å²) in [6.45, 7) is 3.84. The summed E-state index contributed by atoms with van der Waals surface area (Å²) in [6.07, 6.45) is 7.16. The lowest BCUT2D eigenvalue weighted by atomic mass is 9.79. The summed E-state index contributed by atoms with van der Waals surface area (Å²) >= 11 is 0. The number of nitrogens with one attached hydrogen (secondary N) is 2. The topological polar surface area (TPSA) is 118 Å². The molecule has 10 heteroatoms. The normalized spacial score (nSPS) is 17.9. The fourth-order valence-corrected chi connectivity index (χ4v) is 5.95. The number of rotatable bonds is 6. The number of aromatic amines is 1. The third kappa shape index (κ3) is 4.45. The van der Waals surface area contributed by atoms with Gasteiger partial charge in [0.15, 0.2) is 0 Å². The molecule has 2 unspecified atom stereocenters. The number of nitrogens with zero attached hydrogens (tertiary/aromatic N) is 5. The molecule has 2 N–H and O–H groups in total. The van der Waals surface area contributed by atoms with Gasteiger partial charge in [0.25, 0.3) is 5.91 Å². The molecule has 0 radical (unpaired) electrons. The van der Waals surface area contributed by atoms with E-state index >= 15 is 0 Å². The maximum Gasteiger partial charge on any atom is 0.294 e. The summed E-state index contributed by atoms with van der Waals surface area (Å²) < 4.78 is 15.5. The molecule has 0 bridgehead atoms. The second-order valence-corrected chi connectivity index (χ2v) is 10.5. The Kier molecular flexibility index (Phi) is 5.97. The fraction of sp³-hybridized carbons (Fsp3) is 0.310. The van der Waals surface area contributed by atoms with Gasteiger partial charge in [-0.1, -0.05) is 6.07 Å². The van der Waals surface area contributed by atoms with Gasteiger partial charge < -0.3 is 5.32 Å². The minimum absolute atomic E-state index is 0.141. The number of aromatic nitrogens is 5. The highest BCUT2D eigenvalue weighted by Gasteiger charge is 2.57. The Bertz CT molecular complexity index is 1600. The highest BCUT2D eigenvalue weighted by atomic mass is 19.1. The molecule has 9 nitrogen and oxygen atoms in total. The number of anilines is 1. The molecule has 3 aromatic heterocycles. The van der Waals surface area contributed by atoms with Gasteiger partial charge in [0.2, 0.25) is 5.91 Å². The van der Waals surface area contributed by atoms with Crippen LogP contribution >= 0.6 is 0 Å². The van der Waals surface area contributed by atoms with Crippen LogP contribution in [0.1, 0.15) is 51.8 Å². The molecule has 3 heterocycles. The molecule has 198 valence electrons. The van der Waals surface area contributed by atoms with E-state index in [4.69, 9.17) is 0 Å². The Balaban J connectivity index is 1.32. The number of aryl methyl sites for hydroxylation is 3. The van der Waals surface area contributed by atoms with E-state index in [9.17, 15) is 14.0 Å². The van der Waals surface area contributed by atoms with Crippen LogP contribution in [0.3, 0.4) is 0 Å². The Morgan fingerprint density at radius 2 is 2.05 bits per heavy atom. The number of hydrogen-bond donors (Lipinski definition) is 2. The van der Waals surface area contributed by atoms with Gasteiger partial charge in [-0.25, -0.2) is 9.38 Å². The number of pyridine rings is 1. The van der Waals surface area contributed by atoms with E-state index in [0.29, 0.717) is 17.8 Å². The SMILES string of the molecule is Cc1n[nH]c(C)c1-c1ccc(NC(=O)C(/C=N\C(=O)c2ccnn2C)C2c3ccc(F)cc3CC23CC3)cn1. The standard InChI is InChI=1S/C29H28FN7O2/c1-16-25(17(2)36-35-16)23-7-5-20(14-31-23)34-27(38)22(15-32-28(39)24-8-11-33-37(24)3)26-21-6-4-19(30)12-18(21)13-29(26)9-10-29/h4-8,11-12,14-15,22,26H,9-10,13H2,1-3H3,(H,34,38)(H,35,36)/b32-15-. The predicted octanol–water partition coefficient (Wildman–Crippen LogP) is 4.55. The molecule has 0 saturated heterocycles. The zero-order valence-corrected chi connectivity index (χ0v) is 21.9. The summed E-state index contributed by atoms with van der Waals surface area (Å²) in [5, 5.41) is 14.2. The quantitative estimate of drug-likeness (QED) is 0.358. The van der Waals surface area contributed by atoms with E-state index in [1.807, 2.05) is 19.9 Å². The fourth-order valence-electron chi connectivity index (χ4n) is 5.95. The highest BCUT2D eigenvalue weighted by Crippen LogP contribution is 2.65. The van der Waals surface area contributed by atoms with Crippen molar-refractivity contribution in [1.29, 1.82) is 0 Å². The van der Waals surface area contributed by atoms with Gasteiger partial charge in [-0.2, -0.15) is 10.2 Å². The molecule has 0 aliphatic heterocycles. The molecule has 2 atom stereocenters. The summed E-state index contributed by atoms with van der Waals surface area (Å²) in [6, 6.07) is 9.98. The zero-order chi connectivity index (χ0) is 27.3. The van der Waals surface area contributed by atoms with Crippen LogP contribution in [-0.2, 0) is 18.3 Å². The number of aliphatic imine (C=N–C) groups is 1. The van der Waals surface area contributed by atoms with Crippen LogP contribution in [-0.4, -0.2) is 43.0 Å². The predicted molar refractivity (Wildman–Crippen MR) is 144 cm³/mol. The van der Waals surface area contributed by atoms with Crippen molar-refractivity contribution in [3.63, 3.8) is 0 Å². The summed E-state index contributed by atoms with van der Waals surface area (Å²) in [5.41, 5.74) is 6.00. The first-order valence-corrected chi connectivity index (χ1v) is 12.9. The molecular weight excluding hydrogens is 497 g/mol. The number of fused-ring (bicyclic) bond motifs is 1. The maximum atomic E-state index is 14.1. The van der Waals surface area contributed by atoms with Crippen LogP contribution in [0.2, 0.25) is 0 Å². The number of amides is 2. The molecule has 39 heavy (non-hydrogen) atoms. The largest absolute Gasteiger partial charge is 0.324 e. The third-order valence-corrected chi connectivity index (χ3v) is 8.00. The van der Waals surface area contributed by atoms with E-state index in [2.05, 4.69) is 30.6 Å². The van der Waals surface area contributed by atoms with Gasteiger partial charge in [0.05, 0.1) is 29.2 Å². The minimum atomic E-state index is -0.741. The molecule has 2 aliphatic carbocycles. The van der Waals surface area contributed by atoms with Gasteiger partial charge in [-0.15, -0.1) is 0 Å². The van der Waals surface area contributed by atoms with Crippen molar-refractivity contribution in [2.45, 2.75) is 39.0 Å². The monoisotopic (exact) mass is 525 g/mol. The maximum absolute atomic E-state index is 14.1. The van der Waals surface area contributed by atoms with Crippen molar-refractivity contribution in [2.24, 2.45) is 23.4 Å². The summed E-state index contributed by atoms with van der Waals surface area (Å²) in [5.74, 6) is -2.03. The van der Waals surface area contributed by atoms with Gasteiger partial charge in [0.1, 0.15) is 11.5 Å². The Labute approximate surface area is 224 Å². The summed E-state index contributed by atoms with van der Waals surface area (Å²) in [4.78, 5) is 35.4. The molecular formula is C29H28FN7O2. The molecule has 1 aromatic carbocycles. The molecule has 1 fully saturated rings. The lowest BCUT2D eigenvalue weighted by Crippen LogP contribution is -2.32. The summed E-state index contributed by atoms with van der Waals surface area (Å²) in [7, 11) is 1.66. The van der Waals surface area contributed by atoms with Crippen molar-refractivity contribution in [2.75, 3.05) is 5.32 Å². The smallest absolute Gasteiger partial charge is 0.294 e. The van der Waals surface area contributed by atoms with Gasteiger partial charge in [0, 0.05) is 36.6 Å². The number of hydrogen-bond acceptors (Lipinski definition) is 5. The average molecular weight is 526 g/mol. The minimum Gasteiger partial charge on any atom is -0.324 e. The molecule has 1 spiro atoms. The molecule has 2 amide bonds. The number of carbonyl (C=O) groups excluding carboxylic acids is 2. The lowest BCUT2D eigenvalue weighted by molar-refractivity contribution is -0.118. The van der Waals surface area contributed by atoms with E-state index in [0.717, 1.165) is 46.6 Å². The van der Waals surface area contributed by atoms with Crippen LogP contribution in [0.4, 0.5) is 10.1 Å². The van der Waals surface area contributed by atoms with Crippen molar-refractivity contribution in [3.05, 3.63) is 82.8 Å². The molecule has 6 rings (SSSR count). The van der Waals surface area contributed by atoms with Crippen LogP contribution < -0.4 is 5.32 Å². The Morgan fingerprint density at radius 3 is 2.69 bits per heavy atom. The lowest BCUT2D eigenvalue weighted by Gasteiger charge is -2.26. The average Bonchev–Trinajstić information content (AvgIpc) is 3.24. The van der Waals surface area contributed by atoms with E-state index in [1.54, 1.807) is 37.5 Å². The number of benzene rings is 1. The van der Waals surface area contributed by atoms with Crippen molar-refractivity contribution < 1.29 is 14.0 Å². The second kappa shape index (κ2) is 9.37. The second-order valence-electron chi connectivity index (χ2n) is 10.5. The molecule has 1 saturated carbocycles. The van der Waals surface area contributed by atoms with Crippen LogP contribution in [0.15, 0.2) is 53.8 Å². The first-order chi connectivity index (χ1) is 18.8. The first-order valence-electron chi connectivity index (χ1n) is 12.9. The first kappa shape index (κ1) is 24.8. The number of H-pyrrole nitrogens is 1. The van der Waals surface area contributed by atoms with Crippen LogP contribution in [0.25, 0.3) is 11.3 Å². The van der Waals surface area contributed by atoms with Gasteiger partial charge >= 0.3 is 0 Å². The van der Waals surface area contributed by atoms with Crippen molar-refractivity contribution in [3.8, 4) is 11.3 Å². The molecule has 2 aliphatic rings. The van der Waals surface area contributed by atoms with Crippen molar-refractivity contribution in [1.82, 2.24) is 25.0 Å². The Morgan fingerprint density at radius 1 is 1.23 bits per heavy atom. The number of halogens is 1. The number of carbonyl (C=O) groups is 2. The van der Waals surface area contributed by atoms with Crippen LogP contribution in [0.5, 0.6) is 0 Å². The van der Waals surface area contributed by atoms with Gasteiger partial charge in [-0.3, -0.25) is 24.4 Å². The Hall–Kier alpha value is -4.47. The van der Waals surface area contributed by atoms with Crippen LogP contribution in [0, 0.1) is 31.0 Å². The van der Waals surface area contributed by atoms with E-state index < -0.39 is 11.8 Å². The van der Waals surface area contributed by atoms with E-state index in [-0.39, 0.29) is 23.1 Å².